The van der Waals surface area contributed by atoms with Gasteiger partial charge in [0, 0.05) is 11.3 Å². The third-order valence-electron chi connectivity index (χ3n) is 3.48. The summed E-state index contributed by atoms with van der Waals surface area (Å²) in [6.07, 6.45) is 1.12. The van der Waals surface area contributed by atoms with Crippen molar-refractivity contribution in [3.8, 4) is 0 Å². The summed E-state index contributed by atoms with van der Waals surface area (Å²) in [6.45, 7) is 1.91. The van der Waals surface area contributed by atoms with Gasteiger partial charge in [-0.05, 0) is 42.3 Å². The second-order valence-electron chi connectivity index (χ2n) is 5.31. The molecule has 0 radical (unpaired) electrons. The van der Waals surface area contributed by atoms with Crippen molar-refractivity contribution in [1.82, 2.24) is 0 Å². The molecule has 25 heavy (non-hydrogen) atoms. The molecule has 0 aliphatic carbocycles. The number of esters is 1. The van der Waals surface area contributed by atoms with E-state index in [1.54, 1.807) is 43.3 Å². The van der Waals surface area contributed by atoms with E-state index in [9.17, 15) is 13.2 Å². The van der Waals surface area contributed by atoms with Gasteiger partial charge >= 0.3 is 5.97 Å². The molecule has 0 bridgehead atoms. The summed E-state index contributed by atoms with van der Waals surface area (Å²) in [5.41, 5.74) is 7.67. The van der Waals surface area contributed by atoms with Crippen LogP contribution in [0.4, 0.5) is 0 Å². The summed E-state index contributed by atoms with van der Waals surface area (Å²) in [5, 5.41) is 0.531. The Morgan fingerprint density at radius 3 is 2.04 bits per heavy atom. The van der Waals surface area contributed by atoms with E-state index in [1.807, 2.05) is 0 Å². The fourth-order valence-corrected chi connectivity index (χ4v) is 2.99. The summed E-state index contributed by atoms with van der Waals surface area (Å²) < 4.78 is 28.2. The first-order valence-electron chi connectivity index (χ1n) is 7.47. The molecule has 0 aliphatic rings. The number of halogens is 1. The molecule has 0 saturated heterocycles. The molecular weight excluding hydrogens is 362 g/mol. The van der Waals surface area contributed by atoms with E-state index in [0.717, 1.165) is 6.26 Å². The molecule has 7 heteroatoms. The topological polar surface area (TPSA) is 86.5 Å². The maximum atomic E-state index is 12.4. The highest BCUT2D eigenvalue weighted by Gasteiger charge is 2.19. The Labute approximate surface area is 152 Å². The second kappa shape index (κ2) is 7.72. The van der Waals surface area contributed by atoms with Crippen LogP contribution < -0.4 is 5.73 Å². The number of rotatable bonds is 5. The zero-order valence-electron chi connectivity index (χ0n) is 13.8. The van der Waals surface area contributed by atoms with Gasteiger partial charge < -0.3 is 10.5 Å². The Hall–Kier alpha value is -2.31. The summed E-state index contributed by atoms with van der Waals surface area (Å²) in [4.78, 5) is 12.6. The van der Waals surface area contributed by atoms with Gasteiger partial charge in [0.2, 0.25) is 0 Å². The SMILES string of the molecule is CCOC(=O)C(=C(N)c1ccc(S(C)(=O)=O)cc1)c1ccc(Cl)cc1. The number of hydrogen-bond donors (Lipinski definition) is 1. The molecule has 0 atom stereocenters. The van der Waals surface area contributed by atoms with Crippen molar-refractivity contribution in [3.05, 3.63) is 64.7 Å². The predicted octanol–water partition coefficient (Wildman–Crippen LogP) is 3.13. The maximum absolute atomic E-state index is 12.4. The highest BCUT2D eigenvalue weighted by atomic mass is 35.5. The van der Waals surface area contributed by atoms with Gasteiger partial charge in [0.1, 0.15) is 0 Å². The number of carbonyl (C=O) groups is 1. The van der Waals surface area contributed by atoms with E-state index in [0.29, 0.717) is 16.1 Å². The lowest BCUT2D eigenvalue weighted by Gasteiger charge is -2.12. The average molecular weight is 380 g/mol. The molecule has 0 unspecified atom stereocenters. The molecule has 132 valence electrons. The van der Waals surface area contributed by atoms with Crippen LogP contribution in [-0.4, -0.2) is 27.2 Å². The highest BCUT2D eigenvalue weighted by Crippen LogP contribution is 2.26. The zero-order valence-corrected chi connectivity index (χ0v) is 15.4. The Balaban J connectivity index is 2.57. The van der Waals surface area contributed by atoms with Gasteiger partial charge in [-0.2, -0.15) is 0 Å². The van der Waals surface area contributed by atoms with Crippen molar-refractivity contribution in [1.29, 1.82) is 0 Å². The molecule has 2 rings (SSSR count). The van der Waals surface area contributed by atoms with Gasteiger partial charge in [0.25, 0.3) is 0 Å². The largest absolute Gasteiger partial charge is 0.462 e. The van der Waals surface area contributed by atoms with Gasteiger partial charge in [-0.15, -0.1) is 0 Å². The van der Waals surface area contributed by atoms with Crippen molar-refractivity contribution in [2.45, 2.75) is 11.8 Å². The van der Waals surface area contributed by atoms with Gasteiger partial charge in [-0.1, -0.05) is 35.9 Å². The number of carbonyl (C=O) groups excluding carboxylic acids is 1. The number of hydrogen-bond acceptors (Lipinski definition) is 5. The van der Waals surface area contributed by atoms with Crippen LogP contribution >= 0.6 is 11.6 Å². The maximum Gasteiger partial charge on any atom is 0.340 e. The lowest BCUT2D eigenvalue weighted by molar-refractivity contribution is -0.136. The summed E-state index contributed by atoms with van der Waals surface area (Å²) in [6, 6.07) is 12.6. The van der Waals surface area contributed by atoms with Crippen molar-refractivity contribution >= 4 is 38.7 Å². The van der Waals surface area contributed by atoms with Crippen LogP contribution in [0.5, 0.6) is 0 Å². The van der Waals surface area contributed by atoms with Crippen molar-refractivity contribution in [2.24, 2.45) is 5.73 Å². The van der Waals surface area contributed by atoms with E-state index in [-0.39, 0.29) is 22.8 Å². The quantitative estimate of drug-likeness (QED) is 0.490. The summed E-state index contributed by atoms with van der Waals surface area (Å²) in [7, 11) is -3.31. The molecule has 0 heterocycles. The lowest BCUT2D eigenvalue weighted by atomic mass is 10.00. The Kier molecular flexibility index (Phi) is 5.87. The molecule has 0 fully saturated rings. The molecule has 0 saturated carbocycles. The van der Waals surface area contributed by atoms with Gasteiger partial charge in [0.05, 0.1) is 22.8 Å². The molecule has 0 spiro atoms. The minimum absolute atomic E-state index is 0.174. The normalized spacial score (nSPS) is 12.4. The molecule has 0 amide bonds. The molecule has 0 aliphatic heterocycles. The van der Waals surface area contributed by atoms with Crippen LogP contribution in [-0.2, 0) is 19.4 Å². The van der Waals surface area contributed by atoms with E-state index in [1.165, 1.54) is 12.1 Å². The molecule has 2 N–H and O–H groups in total. The van der Waals surface area contributed by atoms with Gasteiger partial charge in [-0.25, -0.2) is 13.2 Å². The Morgan fingerprint density at radius 2 is 1.56 bits per heavy atom. The number of sulfone groups is 1. The van der Waals surface area contributed by atoms with Crippen LogP contribution in [0.1, 0.15) is 18.1 Å². The van der Waals surface area contributed by atoms with Crippen LogP contribution in [0.2, 0.25) is 5.02 Å². The van der Waals surface area contributed by atoms with Crippen LogP contribution in [0.3, 0.4) is 0 Å². The second-order valence-corrected chi connectivity index (χ2v) is 7.76. The van der Waals surface area contributed by atoms with Crippen molar-refractivity contribution in [2.75, 3.05) is 12.9 Å². The molecule has 2 aromatic carbocycles. The molecule has 5 nitrogen and oxygen atoms in total. The standard InChI is InChI=1S/C18H18ClNO4S/c1-3-24-18(21)16(12-4-8-14(19)9-5-12)17(20)13-6-10-15(11-7-13)25(2,22)23/h4-11H,3,20H2,1-2H3. The first-order valence-corrected chi connectivity index (χ1v) is 9.74. The minimum Gasteiger partial charge on any atom is -0.462 e. The fourth-order valence-electron chi connectivity index (χ4n) is 2.23. The summed E-state index contributed by atoms with van der Waals surface area (Å²) >= 11 is 5.89. The van der Waals surface area contributed by atoms with Gasteiger partial charge in [-0.3, -0.25) is 0 Å². The third kappa shape index (κ3) is 4.61. The first-order chi connectivity index (χ1) is 11.7. The highest BCUT2D eigenvalue weighted by molar-refractivity contribution is 7.90. The zero-order chi connectivity index (χ0) is 18.6. The predicted molar refractivity (Wildman–Crippen MR) is 98.6 cm³/mol. The smallest absolute Gasteiger partial charge is 0.340 e. The molecule has 0 aromatic heterocycles. The van der Waals surface area contributed by atoms with Crippen molar-refractivity contribution in [3.63, 3.8) is 0 Å². The number of nitrogens with two attached hydrogens (primary N) is 1. The lowest BCUT2D eigenvalue weighted by Crippen LogP contribution is -2.13. The minimum atomic E-state index is -3.31. The number of benzene rings is 2. The fraction of sp³-hybridized carbons (Fsp3) is 0.167. The third-order valence-corrected chi connectivity index (χ3v) is 4.86. The monoisotopic (exact) mass is 379 g/mol. The van der Waals surface area contributed by atoms with E-state index < -0.39 is 15.8 Å². The van der Waals surface area contributed by atoms with E-state index >= 15 is 0 Å². The summed E-state index contributed by atoms with van der Waals surface area (Å²) in [5.74, 6) is -0.561. The molecule has 2 aromatic rings. The molecular formula is C18H18ClNO4S. The Bertz CT molecular complexity index is 901. The number of ether oxygens (including phenoxy) is 1. The van der Waals surface area contributed by atoms with E-state index in [4.69, 9.17) is 22.1 Å². The Morgan fingerprint density at radius 1 is 1.04 bits per heavy atom. The van der Waals surface area contributed by atoms with Crippen LogP contribution in [0.25, 0.3) is 11.3 Å². The van der Waals surface area contributed by atoms with Crippen LogP contribution in [0.15, 0.2) is 53.4 Å². The van der Waals surface area contributed by atoms with Gasteiger partial charge in [0.15, 0.2) is 9.84 Å². The average Bonchev–Trinajstić information content (AvgIpc) is 2.56. The van der Waals surface area contributed by atoms with Crippen molar-refractivity contribution < 1.29 is 17.9 Å². The first kappa shape index (κ1) is 19.0. The van der Waals surface area contributed by atoms with E-state index in [2.05, 4.69) is 0 Å². The van der Waals surface area contributed by atoms with Crippen LogP contribution in [0, 0.1) is 0 Å².